The summed E-state index contributed by atoms with van der Waals surface area (Å²) in [4.78, 5) is 33.3. The lowest BCUT2D eigenvalue weighted by Gasteiger charge is -2.42. The summed E-state index contributed by atoms with van der Waals surface area (Å²) in [5.41, 5.74) is 1.62. The molecule has 1 amide bonds. The third-order valence-corrected chi connectivity index (χ3v) is 5.91. The number of nitrogens with one attached hydrogen (secondary N) is 2. The van der Waals surface area contributed by atoms with Crippen LogP contribution in [0.25, 0.3) is 11.2 Å². The molecule has 2 aromatic rings. The average molecular weight is 387 g/mol. The minimum absolute atomic E-state index is 0.0927. The monoisotopic (exact) mass is 387 g/mol. The minimum atomic E-state index is 0.0927. The molecule has 2 N–H and O–H groups in total. The van der Waals surface area contributed by atoms with Crippen molar-refractivity contribution >= 4 is 22.9 Å². The van der Waals surface area contributed by atoms with E-state index in [1.165, 1.54) is 0 Å². The summed E-state index contributed by atoms with van der Waals surface area (Å²) in [6.07, 6.45) is 7.48. The van der Waals surface area contributed by atoms with E-state index >= 15 is 0 Å². The number of aromatic amines is 1. The van der Waals surface area contributed by atoms with Crippen molar-refractivity contribution in [3.8, 4) is 0 Å². The van der Waals surface area contributed by atoms with Gasteiger partial charge in [0.1, 0.15) is 11.8 Å². The van der Waals surface area contributed by atoms with E-state index in [1.54, 1.807) is 19.8 Å². The van der Waals surface area contributed by atoms with Crippen molar-refractivity contribution < 1.29 is 9.53 Å². The van der Waals surface area contributed by atoms with Crippen molar-refractivity contribution in [1.29, 1.82) is 0 Å². The number of anilines is 1. The topological polar surface area (TPSA) is 99.3 Å². The van der Waals surface area contributed by atoms with Crippen molar-refractivity contribution in [2.75, 3.05) is 51.3 Å². The van der Waals surface area contributed by atoms with Crippen LogP contribution in [0.3, 0.4) is 0 Å². The summed E-state index contributed by atoms with van der Waals surface area (Å²) in [6, 6.07) is 0.532. The molecule has 2 saturated heterocycles. The van der Waals surface area contributed by atoms with E-state index in [0.29, 0.717) is 24.8 Å². The lowest BCUT2D eigenvalue weighted by molar-refractivity contribution is -0.127. The Balaban J connectivity index is 1.32. The van der Waals surface area contributed by atoms with Crippen LogP contribution in [-0.4, -0.2) is 83.2 Å². The molecular formula is C19H29N7O2. The molecule has 2 aromatic heterocycles. The number of fused-ring (bicyclic) bond motifs is 1. The SMILES string of the molecule is COCCNC(=O)[C@@H]1CCCN(C2CCN(c3ncnc4nc[nH]c34)CC2)C1. The number of carbonyl (C=O) groups is 1. The fraction of sp³-hybridized carbons (Fsp3) is 0.684. The zero-order valence-corrected chi connectivity index (χ0v) is 16.4. The van der Waals surface area contributed by atoms with E-state index in [0.717, 1.165) is 63.2 Å². The molecule has 0 bridgehead atoms. The fourth-order valence-electron chi connectivity index (χ4n) is 4.41. The number of carbonyl (C=O) groups excluding carboxylic acids is 1. The standard InChI is InChI=1S/C19H29N7O2/c1-28-10-6-20-19(27)14-3-2-7-26(11-14)15-4-8-25(9-5-15)18-16-17(22-12-21-16)23-13-24-18/h12-15H,2-11H2,1H3,(H,20,27)(H,21,22,23,24)/t14-/m1/s1. The molecule has 2 aliphatic heterocycles. The summed E-state index contributed by atoms with van der Waals surface area (Å²) in [5.74, 6) is 1.20. The molecule has 0 aromatic carbocycles. The van der Waals surface area contributed by atoms with Crippen molar-refractivity contribution in [1.82, 2.24) is 30.2 Å². The van der Waals surface area contributed by atoms with E-state index in [1.807, 2.05) is 0 Å². The zero-order chi connectivity index (χ0) is 19.3. The fourth-order valence-corrected chi connectivity index (χ4v) is 4.41. The molecule has 1 atom stereocenters. The third kappa shape index (κ3) is 4.10. The van der Waals surface area contributed by atoms with Gasteiger partial charge in [-0.3, -0.25) is 9.69 Å². The first-order chi connectivity index (χ1) is 13.8. The number of methoxy groups -OCH3 is 1. The first-order valence-corrected chi connectivity index (χ1v) is 10.2. The molecule has 0 aliphatic carbocycles. The third-order valence-electron chi connectivity index (χ3n) is 5.91. The Bertz CT molecular complexity index is 787. The van der Waals surface area contributed by atoms with Gasteiger partial charge in [0.05, 0.1) is 18.9 Å². The second-order valence-electron chi connectivity index (χ2n) is 7.63. The predicted molar refractivity (Wildman–Crippen MR) is 106 cm³/mol. The maximum atomic E-state index is 12.4. The minimum Gasteiger partial charge on any atom is -0.383 e. The normalized spacial score (nSPS) is 21.9. The summed E-state index contributed by atoms with van der Waals surface area (Å²) < 4.78 is 5.02. The smallest absolute Gasteiger partial charge is 0.224 e. The van der Waals surface area contributed by atoms with Crippen LogP contribution < -0.4 is 10.2 Å². The highest BCUT2D eigenvalue weighted by atomic mass is 16.5. The number of H-pyrrole nitrogens is 1. The van der Waals surface area contributed by atoms with Gasteiger partial charge >= 0.3 is 0 Å². The largest absolute Gasteiger partial charge is 0.383 e. The quantitative estimate of drug-likeness (QED) is 0.707. The van der Waals surface area contributed by atoms with E-state index in [2.05, 4.69) is 35.1 Å². The number of amides is 1. The molecule has 152 valence electrons. The van der Waals surface area contributed by atoms with E-state index in [4.69, 9.17) is 4.74 Å². The number of imidazole rings is 1. The van der Waals surface area contributed by atoms with Crippen LogP contribution in [0.1, 0.15) is 25.7 Å². The molecule has 2 fully saturated rings. The van der Waals surface area contributed by atoms with Crippen LogP contribution in [0.15, 0.2) is 12.7 Å². The van der Waals surface area contributed by atoms with Gasteiger partial charge in [-0.15, -0.1) is 0 Å². The van der Waals surface area contributed by atoms with Gasteiger partial charge in [-0.1, -0.05) is 0 Å². The van der Waals surface area contributed by atoms with Crippen molar-refractivity contribution in [2.45, 2.75) is 31.7 Å². The van der Waals surface area contributed by atoms with Crippen LogP contribution in [0.4, 0.5) is 5.82 Å². The molecule has 4 rings (SSSR count). The van der Waals surface area contributed by atoms with E-state index in [-0.39, 0.29) is 11.8 Å². The Hall–Kier alpha value is -2.26. The number of aromatic nitrogens is 4. The van der Waals surface area contributed by atoms with Gasteiger partial charge in [0, 0.05) is 39.3 Å². The number of likely N-dealkylation sites (tertiary alicyclic amines) is 1. The van der Waals surface area contributed by atoms with Crippen LogP contribution in [0.5, 0.6) is 0 Å². The number of piperidine rings is 2. The van der Waals surface area contributed by atoms with Crippen LogP contribution >= 0.6 is 0 Å². The Morgan fingerprint density at radius 2 is 2.11 bits per heavy atom. The van der Waals surface area contributed by atoms with E-state index < -0.39 is 0 Å². The van der Waals surface area contributed by atoms with Gasteiger partial charge in [-0.2, -0.15) is 0 Å². The summed E-state index contributed by atoms with van der Waals surface area (Å²) in [6.45, 7) is 5.01. The first kappa shape index (κ1) is 19.1. The maximum absolute atomic E-state index is 12.4. The Morgan fingerprint density at radius 1 is 1.25 bits per heavy atom. The lowest BCUT2D eigenvalue weighted by Crippen LogP contribution is -2.51. The molecule has 0 saturated carbocycles. The Labute approximate surface area is 164 Å². The lowest BCUT2D eigenvalue weighted by atomic mass is 9.93. The highest BCUT2D eigenvalue weighted by molar-refractivity contribution is 5.82. The second kappa shape index (κ2) is 8.83. The molecular weight excluding hydrogens is 358 g/mol. The van der Waals surface area contributed by atoms with Crippen molar-refractivity contribution in [2.24, 2.45) is 5.92 Å². The summed E-state index contributed by atoms with van der Waals surface area (Å²) in [5, 5.41) is 3.00. The molecule has 4 heterocycles. The molecule has 9 nitrogen and oxygen atoms in total. The highest BCUT2D eigenvalue weighted by Crippen LogP contribution is 2.27. The van der Waals surface area contributed by atoms with Gasteiger partial charge in [-0.05, 0) is 32.2 Å². The van der Waals surface area contributed by atoms with Gasteiger partial charge in [0.15, 0.2) is 11.5 Å². The summed E-state index contributed by atoms with van der Waals surface area (Å²) >= 11 is 0. The first-order valence-electron chi connectivity index (χ1n) is 10.2. The summed E-state index contributed by atoms with van der Waals surface area (Å²) in [7, 11) is 1.65. The van der Waals surface area contributed by atoms with E-state index in [9.17, 15) is 4.79 Å². The molecule has 2 aliphatic rings. The molecule has 0 radical (unpaired) electrons. The number of rotatable bonds is 6. The Kier molecular flexibility index (Phi) is 6.01. The van der Waals surface area contributed by atoms with Gasteiger partial charge in [0.2, 0.25) is 5.91 Å². The molecule has 0 spiro atoms. The molecule has 0 unspecified atom stereocenters. The second-order valence-corrected chi connectivity index (χ2v) is 7.63. The van der Waals surface area contributed by atoms with Gasteiger partial charge in [-0.25, -0.2) is 15.0 Å². The predicted octanol–water partition coefficient (Wildman–Crippen LogP) is 0.796. The number of nitrogens with zero attached hydrogens (tertiary/aromatic N) is 5. The van der Waals surface area contributed by atoms with Crippen molar-refractivity contribution in [3.63, 3.8) is 0 Å². The van der Waals surface area contributed by atoms with Crippen molar-refractivity contribution in [3.05, 3.63) is 12.7 Å². The van der Waals surface area contributed by atoms with Crippen LogP contribution in [0, 0.1) is 5.92 Å². The highest BCUT2D eigenvalue weighted by Gasteiger charge is 2.32. The maximum Gasteiger partial charge on any atom is 0.224 e. The zero-order valence-electron chi connectivity index (χ0n) is 16.4. The number of hydrogen-bond acceptors (Lipinski definition) is 7. The van der Waals surface area contributed by atoms with Crippen LogP contribution in [0.2, 0.25) is 0 Å². The Morgan fingerprint density at radius 3 is 2.93 bits per heavy atom. The van der Waals surface area contributed by atoms with Gasteiger partial charge in [0.25, 0.3) is 0 Å². The van der Waals surface area contributed by atoms with Gasteiger partial charge < -0.3 is 19.9 Å². The number of hydrogen-bond donors (Lipinski definition) is 2. The van der Waals surface area contributed by atoms with Crippen LogP contribution in [-0.2, 0) is 9.53 Å². The number of ether oxygens (including phenoxy) is 1. The molecule has 28 heavy (non-hydrogen) atoms. The molecule has 9 heteroatoms. The average Bonchev–Trinajstić information content (AvgIpc) is 3.23.